The summed E-state index contributed by atoms with van der Waals surface area (Å²) in [6.07, 6.45) is 3.14. The molecule has 1 saturated heterocycles. The van der Waals surface area contributed by atoms with Gasteiger partial charge < -0.3 is 15.0 Å². The molecule has 9 nitrogen and oxygen atoms in total. The number of carbonyl (C=O) groups excluding carboxylic acids is 3. The molecule has 2 aromatic rings. The summed E-state index contributed by atoms with van der Waals surface area (Å²) in [5.74, 6) is -0.477. The first-order valence-electron chi connectivity index (χ1n) is 12.1. The minimum atomic E-state index is -0.318. The standard InChI is InChI=1S/C25H33N5O4/c1-3-34-22(31)10-12-26-24(32)19-8-6-18(7-9-19)16-29-15-11-21-20(17-29)23(27-28(21)2)25(33)30-13-4-5-14-30/h6-9H,3-5,10-17H2,1-2H3,(H,26,32). The van der Waals surface area contributed by atoms with Crippen LogP contribution < -0.4 is 5.32 Å². The second-order valence-corrected chi connectivity index (χ2v) is 8.87. The number of hydrogen-bond acceptors (Lipinski definition) is 6. The summed E-state index contributed by atoms with van der Waals surface area (Å²) in [6, 6.07) is 7.51. The summed E-state index contributed by atoms with van der Waals surface area (Å²) in [5, 5.41) is 7.33. The van der Waals surface area contributed by atoms with Crippen molar-refractivity contribution in [2.75, 3.05) is 32.8 Å². The van der Waals surface area contributed by atoms with Gasteiger partial charge in [0.15, 0.2) is 5.69 Å². The van der Waals surface area contributed by atoms with Gasteiger partial charge in [0.1, 0.15) is 0 Å². The zero-order chi connectivity index (χ0) is 24.1. The van der Waals surface area contributed by atoms with Crippen LogP contribution in [0.4, 0.5) is 0 Å². The molecule has 3 heterocycles. The summed E-state index contributed by atoms with van der Waals surface area (Å²) in [7, 11) is 1.92. The average Bonchev–Trinajstić information content (AvgIpc) is 3.48. The number of nitrogens with one attached hydrogen (secondary N) is 1. The predicted molar refractivity (Wildman–Crippen MR) is 126 cm³/mol. The van der Waals surface area contributed by atoms with E-state index in [-0.39, 0.29) is 30.7 Å². The van der Waals surface area contributed by atoms with Crippen molar-refractivity contribution in [1.82, 2.24) is 24.9 Å². The first kappa shape index (κ1) is 23.9. The molecule has 1 N–H and O–H groups in total. The monoisotopic (exact) mass is 467 g/mol. The molecule has 2 amide bonds. The number of ether oxygens (including phenoxy) is 1. The SMILES string of the molecule is CCOC(=O)CCNC(=O)c1ccc(CN2CCc3c(c(C(=O)N4CCCC4)nn3C)C2)cc1. The molecular weight excluding hydrogens is 434 g/mol. The lowest BCUT2D eigenvalue weighted by atomic mass is 10.0. The van der Waals surface area contributed by atoms with Crippen molar-refractivity contribution in [3.8, 4) is 0 Å². The minimum Gasteiger partial charge on any atom is -0.466 e. The summed E-state index contributed by atoms with van der Waals surface area (Å²) < 4.78 is 6.73. The number of carbonyl (C=O) groups is 3. The molecule has 1 fully saturated rings. The number of rotatable bonds is 8. The number of fused-ring (bicyclic) bond motifs is 1. The first-order valence-corrected chi connectivity index (χ1v) is 12.1. The molecule has 9 heteroatoms. The van der Waals surface area contributed by atoms with E-state index in [4.69, 9.17) is 4.74 Å². The maximum absolute atomic E-state index is 13.0. The number of likely N-dealkylation sites (tertiary alicyclic amines) is 1. The van der Waals surface area contributed by atoms with Crippen LogP contribution in [0.2, 0.25) is 0 Å². The fourth-order valence-electron chi connectivity index (χ4n) is 4.66. The molecule has 0 atom stereocenters. The highest BCUT2D eigenvalue weighted by atomic mass is 16.5. The highest BCUT2D eigenvalue weighted by Crippen LogP contribution is 2.25. The average molecular weight is 468 g/mol. The molecule has 0 bridgehead atoms. The molecule has 0 unspecified atom stereocenters. The van der Waals surface area contributed by atoms with Gasteiger partial charge in [0, 0.05) is 69.6 Å². The Kier molecular flexibility index (Phi) is 7.62. The van der Waals surface area contributed by atoms with Gasteiger partial charge in [0.05, 0.1) is 13.0 Å². The van der Waals surface area contributed by atoms with Crippen LogP contribution in [-0.4, -0.2) is 70.1 Å². The predicted octanol–water partition coefficient (Wildman–Crippen LogP) is 1.90. The molecule has 1 aromatic carbocycles. The van der Waals surface area contributed by atoms with E-state index in [1.807, 2.05) is 28.8 Å². The van der Waals surface area contributed by atoms with E-state index >= 15 is 0 Å². The van der Waals surface area contributed by atoms with Gasteiger partial charge in [-0.05, 0) is 37.5 Å². The van der Waals surface area contributed by atoms with Crippen LogP contribution in [0.3, 0.4) is 0 Å². The quantitative estimate of drug-likeness (QED) is 0.596. The lowest BCUT2D eigenvalue weighted by Gasteiger charge is -2.28. The molecule has 2 aliphatic rings. The van der Waals surface area contributed by atoms with Gasteiger partial charge in [-0.3, -0.25) is 24.0 Å². The van der Waals surface area contributed by atoms with Crippen LogP contribution in [0.5, 0.6) is 0 Å². The Bertz CT molecular complexity index is 1040. The summed E-state index contributed by atoms with van der Waals surface area (Å²) in [6.45, 7) is 6.28. The van der Waals surface area contributed by atoms with Gasteiger partial charge in [-0.25, -0.2) is 0 Å². The second-order valence-electron chi connectivity index (χ2n) is 8.87. The van der Waals surface area contributed by atoms with Crippen LogP contribution in [0, 0.1) is 0 Å². The van der Waals surface area contributed by atoms with E-state index in [1.54, 1.807) is 19.1 Å². The van der Waals surface area contributed by atoms with Crippen molar-refractivity contribution in [3.63, 3.8) is 0 Å². The first-order chi connectivity index (χ1) is 16.5. The largest absolute Gasteiger partial charge is 0.466 e. The molecular formula is C25H33N5O4. The second kappa shape index (κ2) is 10.8. The van der Waals surface area contributed by atoms with E-state index in [0.717, 1.165) is 62.3 Å². The van der Waals surface area contributed by atoms with E-state index in [9.17, 15) is 14.4 Å². The fraction of sp³-hybridized carbons (Fsp3) is 0.520. The molecule has 34 heavy (non-hydrogen) atoms. The van der Waals surface area contributed by atoms with Gasteiger partial charge in [0.25, 0.3) is 11.8 Å². The van der Waals surface area contributed by atoms with Crippen molar-refractivity contribution in [3.05, 3.63) is 52.3 Å². The molecule has 0 aliphatic carbocycles. The zero-order valence-corrected chi connectivity index (χ0v) is 20.0. The van der Waals surface area contributed by atoms with Gasteiger partial charge in [-0.15, -0.1) is 0 Å². The highest BCUT2D eigenvalue weighted by molar-refractivity contribution is 5.95. The van der Waals surface area contributed by atoms with Crippen molar-refractivity contribution in [2.24, 2.45) is 7.05 Å². The lowest BCUT2D eigenvalue weighted by Crippen LogP contribution is -2.33. The van der Waals surface area contributed by atoms with Gasteiger partial charge in [-0.1, -0.05) is 12.1 Å². The number of aromatic nitrogens is 2. The normalized spacial score (nSPS) is 15.8. The zero-order valence-electron chi connectivity index (χ0n) is 20.0. The van der Waals surface area contributed by atoms with Crippen LogP contribution in [0.1, 0.15) is 63.9 Å². The molecule has 0 saturated carbocycles. The summed E-state index contributed by atoms with van der Waals surface area (Å²) in [5.41, 5.74) is 4.44. The Hall–Kier alpha value is -3.20. The highest BCUT2D eigenvalue weighted by Gasteiger charge is 2.30. The smallest absolute Gasteiger partial charge is 0.307 e. The van der Waals surface area contributed by atoms with E-state index in [0.29, 0.717) is 24.4 Å². The van der Waals surface area contributed by atoms with Crippen molar-refractivity contribution in [2.45, 2.75) is 45.7 Å². The maximum Gasteiger partial charge on any atom is 0.307 e. The number of benzene rings is 1. The third kappa shape index (κ3) is 5.47. The molecule has 0 spiro atoms. The van der Waals surface area contributed by atoms with Gasteiger partial charge in [0.2, 0.25) is 0 Å². The Morgan fingerprint density at radius 3 is 2.53 bits per heavy atom. The number of hydrogen-bond donors (Lipinski definition) is 1. The van der Waals surface area contributed by atoms with Crippen LogP contribution in [-0.2, 0) is 36.1 Å². The number of aryl methyl sites for hydroxylation is 1. The number of esters is 1. The Morgan fingerprint density at radius 2 is 1.82 bits per heavy atom. The summed E-state index contributed by atoms with van der Waals surface area (Å²) in [4.78, 5) is 41.0. The Labute approximate surface area is 200 Å². The minimum absolute atomic E-state index is 0.0505. The van der Waals surface area contributed by atoms with Crippen molar-refractivity contribution >= 4 is 17.8 Å². The summed E-state index contributed by atoms with van der Waals surface area (Å²) >= 11 is 0. The number of amides is 2. The molecule has 2 aliphatic heterocycles. The Balaban J connectivity index is 1.34. The van der Waals surface area contributed by atoms with Crippen LogP contribution in [0.25, 0.3) is 0 Å². The van der Waals surface area contributed by atoms with E-state index < -0.39 is 0 Å². The van der Waals surface area contributed by atoms with Crippen molar-refractivity contribution < 1.29 is 19.1 Å². The lowest BCUT2D eigenvalue weighted by molar-refractivity contribution is -0.142. The maximum atomic E-state index is 13.0. The molecule has 1 aromatic heterocycles. The molecule has 182 valence electrons. The third-order valence-electron chi connectivity index (χ3n) is 6.46. The third-order valence-corrected chi connectivity index (χ3v) is 6.46. The topological polar surface area (TPSA) is 96.8 Å². The number of nitrogens with zero attached hydrogens (tertiary/aromatic N) is 4. The van der Waals surface area contributed by atoms with Crippen molar-refractivity contribution in [1.29, 1.82) is 0 Å². The fourth-order valence-corrected chi connectivity index (χ4v) is 4.66. The van der Waals surface area contributed by atoms with Gasteiger partial charge in [-0.2, -0.15) is 5.10 Å². The van der Waals surface area contributed by atoms with Gasteiger partial charge >= 0.3 is 5.97 Å². The molecule has 0 radical (unpaired) electrons. The van der Waals surface area contributed by atoms with Crippen LogP contribution in [0.15, 0.2) is 24.3 Å². The molecule has 4 rings (SSSR count). The van der Waals surface area contributed by atoms with E-state index in [1.165, 1.54) is 0 Å². The van der Waals surface area contributed by atoms with Crippen LogP contribution >= 0.6 is 0 Å². The van der Waals surface area contributed by atoms with E-state index in [2.05, 4.69) is 15.3 Å². The Morgan fingerprint density at radius 1 is 1.09 bits per heavy atom.